The summed E-state index contributed by atoms with van der Waals surface area (Å²) < 4.78 is 0. The van der Waals surface area contributed by atoms with Crippen molar-refractivity contribution < 1.29 is 14.5 Å². The van der Waals surface area contributed by atoms with Crippen LogP contribution in [0.2, 0.25) is 5.02 Å². The highest BCUT2D eigenvalue weighted by atomic mass is 35.5. The number of carbonyl (C=O) groups excluding carboxylic acids is 2. The van der Waals surface area contributed by atoms with Gasteiger partial charge in [0.2, 0.25) is 5.91 Å². The summed E-state index contributed by atoms with van der Waals surface area (Å²) in [4.78, 5) is 38.7. The van der Waals surface area contributed by atoms with Crippen LogP contribution in [0.3, 0.4) is 0 Å². The van der Waals surface area contributed by atoms with Crippen LogP contribution < -0.4 is 4.90 Å². The van der Waals surface area contributed by atoms with Gasteiger partial charge in [-0.25, -0.2) is 0 Å². The largest absolute Gasteiger partial charge is 0.325 e. The first-order chi connectivity index (χ1) is 12.4. The highest BCUT2D eigenvalue weighted by Gasteiger charge is 2.35. The van der Waals surface area contributed by atoms with Crippen LogP contribution in [0.15, 0.2) is 48.5 Å². The molecule has 0 bridgehead atoms. The number of benzene rings is 2. The monoisotopic (exact) mass is 373 g/mol. The summed E-state index contributed by atoms with van der Waals surface area (Å²) in [6.45, 7) is 2.34. The number of nitro groups is 1. The highest BCUT2D eigenvalue weighted by Crippen LogP contribution is 2.24. The van der Waals surface area contributed by atoms with Crippen LogP contribution in [0.5, 0.6) is 0 Å². The third kappa shape index (κ3) is 3.39. The molecule has 0 saturated carbocycles. The van der Waals surface area contributed by atoms with Crippen LogP contribution in [0.25, 0.3) is 0 Å². The van der Waals surface area contributed by atoms with Crippen molar-refractivity contribution in [3.8, 4) is 0 Å². The highest BCUT2D eigenvalue weighted by molar-refractivity contribution is 6.31. The van der Waals surface area contributed by atoms with E-state index in [1.165, 1.54) is 34.1 Å². The van der Waals surface area contributed by atoms with Gasteiger partial charge in [0.05, 0.1) is 4.92 Å². The molecule has 0 unspecified atom stereocenters. The van der Waals surface area contributed by atoms with Crippen LogP contribution in [-0.2, 0) is 4.79 Å². The molecule has 8 heteroatoms. The molecule has 0 aliphatic carbocycles. The molecular weight excluding hydrogens is 358 g/mol. The number of nitrogens with zero attached hydrogens (tertiary/aromatic N) is 3. The normalized spacial score (nSPS) is 17.3. The number of halogens is 1. The molecular formula is C18H16ClN3O4. The van der Waals surface area contributed by atoms with E-state index >= 15 is 0 Å². The van der Waals surface area contributed by atoms with Gasteiger partial charge in [-0.05, 0) is 37.3 Å². The van der Waals surface area contributed by atoms with Gasteiger partial charge in [0.25, 0.3) is 11.6 Å². The number of non-ortho nitro benzene ring substituents is 1. The van der Waals surface area contributed by atoms with Gasteiger partial charge in [0.1, 0.15) is 6.04 Å². The predicted molar refractivity (Wildman–Crippen MR) is 97.4 cm³/mol. The van der Waals surface area contributed by atoms with Crippen molar-refractivity contribution in [1.82, 2.24) is 4.90 Å². The van der Waals surface area contributed by atoms with E-state index in [2.05, 4.69) is 0 Å². The molecule has 1 aliphatic heterocycles. The Morgan fingerprint density at radius 1 is 1.19 bits per heavy atom. The third-order valence-corrected chi connectivity index (χ3v) is 4.60. The smallest absolute Gasteiger partial charge is 0.269 e. The number of rotatable bonds is 3. The zero-order chi connectivity index (χ0) is 18.8. The molecule has 1 aliphatic rings. The average Bonchev–Trinajstić information content (AvgIpc) is 2.63. The number of piperazine rings is 1. The summed E-state index contributed by atoms with van der Waals surface area (Å²) in [6, 6.07) is 11.7. The Kier molecular flexibility index (Phi) is 4.90. The van der Waals surface area contributed by atoms with Crippen molar-refractivity contribution in [3.63, 3.8) is 0 Å². The maximum Gasteiger partial charge on any atom is 0.269 e. The number of hydrogen-bond acceptors (Lipinski definition) is 4. The molecule has 1 fully saturated rings. The molecule has 3 rings (SSSR count). The summed E-state index contributed by atoms with van der Waals surface area (Å²) >= 11 is 5.94. The van der Waals surface area contributed by atoms with Crippen molar-refractivity contribution in [2.24, 2.45) is 0 Å². The molecule has 0 radical (unpaired) electrons. The Morgan fingerprint density at radius 3 is 2.50 bits per heavy atom. The zero-order valence-electron chi connectivity index (χ0n) is 14.0. The minimum atomic E-state index is -0.648. The second kappa shape index (κ2) is 7.13. The second-order valence-electron chi connectivity index (χ2n) is 5.95. The average molecular weight is 374 g/mol. The van der Waals surface area contributed by atoms with Crippen LogP contribution in [0, 0.1) is 10.1 Å². The van der Waals surface area contributed by atoms with E-state index in [1.807, 2.05) is 0 Å². The van der Waals surface area contributed by atoms with Crippen LogP contribution in [0.1, 0.15) is 17.3 Å². The summed E-state index contributed by atoms with van der Waals surface area (Å²) in [5.74, 6) is -0.489. The fourth-order valence-corrected chi connectivity index (χ4v) is 3.14. The van der Waals surface area contributed by atoms with E-state index in [4.69, 9.17) is 11.6 Å². The lowest BCUT2D eigenvalue weighted by Crippen LogP contribution is -2.57. The zero-order valence-corrected chi connectivity index (χ0v) is 14.7. The Labute approximate surface area is 154 Å². The number of carbonyl (C=O) groups is 2. The van der Waals surface area contributed by atoms with E-state index in [0.29, 0.717) is 29.4 Å². The first-order valence-electron chi connectivity index (χ1n) is 8.01. The Bertz CT molecular complexity index is 869. The molecule has 7 nitrogen and oxygen atoms in total. The van der Waals surface area contributed by atoms with Gasteiger partial charge in [-0.15, -0.1) is 0 Å². The lowest BCUT2D eigenvalue weighted by Gasteiger charge is -2.39. The molecule has 26 heavy (non-hydrogen) atoms. The SMILES string of the molecule is C[C@H]1C(=O)N(c2ccc([N+](=O)[O-])cc2)CCN1C(=O)c1cccc(Cl)c1. The van der Waals surface area contributed by atoms with Crippen molar-refractivity contribution in [1.29, 1.82) is 0 Å². The third-order valence-electron chi connectivity index (χ3n) is 4.36. The maximum atomic E-state index is 12.7. The van der Waals surface area contributed by atoms with E-state index < -0.39 is 11.0 Å². The predicted octanol–water partition coefficient (Wildman–Crippen LogP) is 3.13. The first kappa shape index (κ1) is 17.9. The molecule has 0 spiro atoms. The lowest BCUT2D eigenvalue weighted by atomic mass is 10.1. The summed E-state index contributed by atoms with van der Waals surface area (Å²) in [5, 5.41) is 11.2. The molecule has 2 amide bonds. The minimum Gasteiger partial charge on any atom is -0.325 e. The molecule has 2 aromatic carbocycles. The van der Waals surface area contributed by atoms with Gasteiger partial charge in [0.15, 0.2) is 0 Å². The quantitative estimate of drug-likeness (QED) is 0.611. The van der Waals surface area contributed by atoms with Gasteiger partial charge >= 0.3 is 0 Å². The van der Waals surface area contributed by atoms with Crippen molar-refractivity contribution in [3.05, 3.63) is 69.2 Å². The van der Waals surface area contributed by atoms with E-state index in [1.54, 1.807) is 31.2 Å². The number of nitro benzene ring substituents is 1. The van der Waals surface area contributed by atoms with Gasteiger partial charge < -0.3 is 9.80 Å². The summed E-state index contributed by atoms with van der Waals surface area (Å²) in [6.07, 6.45) is 0. The lowest BCUT2D eigenvalue weighted by molar-refractivity contribution is -0.384. The van der Waals surface area contributed by atoms with E-state index in [0.717, 1.165) is 0 Å². The molecule has 1 atom stereocenters. The van der Waals surface area contributed by atoms with Crippen LogP contribution >= 0.6 is 11.6 Å². The summed E-state index contributed by atoms with van der Waals surface area (Å²) in [7, 11) is 0. The second-order valence-corrected chi connectivity index (χ2v) is 6.38. The van der Waals surface area contributed by atoms with Crippen molar-refractivity contribution in [2.75, 3.05) is 18.0 Å². The molecule has 1 saturated heterocycles. The minimum absolute atomic E-state index is 0.0379. The van der Waals surface area contributed by atoms with Crippen LogP contribution in [0.4, 0.5) is 11.4 Å². The molecule has 1 heterocycles. The maximum absolute atomic E-state index is 12.7. The van der Waals surface area contributed by atoms with E-state index in [-0.39, 0.29) is 17.5 Å². The molecule has 0 aromatic heterocycles. The van der Waals surface area contributed by atoms with Crippen molar-refractivity contribution >= 4 is 34.8 Å². The molecule has 0 N–H and O–H groups in total. The Hall–Kier alpha value is -2.93. The fraction of sp³-hybridized carbons (Fsp3) is 0.222. The first-order valence-corrected chi connectivity index (χ1v) is 8.38. The van der Waals surface area contributed by atoms with Gasteiger partial charge in [0, 0.05) is 41.5 Å². The standard InChI is InChI=1S/C18H16ClN3O4/c1-12-17(23)21(15-5-7-16(8-6-15)22(25)26)10-9-20(12)18(24)13-3-2-4-14(19)11-13/h2-8,11-12H,9-10H2,1H3/t12-/m0/s1. The van der Waals surface area contributed by atoms with Gasteiger partial charge in [-0.1, -0.05) is 17.7 Å². The van der Waals surface area contributed by atoms with Crippen LogP contribution in [-0.4, -0.2) is 40.8 Å². The number of amides is 2. The Balaban J connectivity index is 1.78. The fourth-order valence-electron chi connectivity index (χ4n) is 2.95. The summed E-state index contributed by atoms with van der Waals surface area (Å²) in [5.41, 5.74) is 0.965. The number of anilines is 1. The van der Waals surface area contributed by atoms with Crippen molar-refractivity contribution in [2.45, 2.75) is 13.0 Å². The molecule has 2 aromatic rings. The number of hydrogen-bond donors (Lipinski definition) is 0. The Morgan fingerprint density at radius 2 is 1.88 bits per heavy atom. The van der Waals surface area contributed by atoms with Gasteiger partial charge in [-0.3, -0.25) is 19.7 Å². The van der Waals surface area contributed by atoms with Gasteiger partial charge in [-0.2, -0.15) is 0 Å². The van der Waals surface area contributed by atoms with E-state index in [9.17, 15) is 19.7 Å². The molecule has 134 valence electrons. The topological polar surface area (TPSA) is 83.8 Å².